The average Bonchev–Trinajstić information content (AvgIpc) is 3.01. The quantitative estimate of drug-likeness (QED) is 0.125. The first-order valence-corrected chi connectivity index (χ1v) is 13.2. The number of carbonyl (C=O) groups is 1. The molecule has 0 saturated carbocycles. The van der Waals surface area contributed by atoms with Crippen molar-refractivity contribution in [2.75, 3.05) is 13.7 Å². The van der Waals surface area contributed by atoms with E-state index in [-0.39, 0.29) is 28.2 Å². The predicted molar refractivity (Wildman–Crippen MR) is 153 cm³/mol. The van der Waals surface area contributed by atoms with E-state index in [1.165, 1.54) is 25.3 Å². The fourth-order valence-electron chi connectivity index (χ4n) is 4.54. The van der Waals surface area contributed by atoms with Gasteiger partial charge in [0.2, 0.25) is 17.5 Å². The molecule has 0 unspecified atom stereocenters. The SMILES string of the molecule is COc1ccc(-c2oc3cc(O)cc(O)c3c(=O)c2O[C@@H]2O[C@H](COC(=O)/C=C/c3ccc(O)cc3)[C@@H](O)[C@H](O)[C@H]2O)cc1. The summed E-state index contributed by atoms with van der Waals surface area (Å²) < 4.78 is 27.6. The number of aliphatic hydroxyl groups excluding tert-OH is 3. The minimum absolute atomic E-state index is 0.0550. The Balaban J connectivity index is 1.42. The van der Waals surface area contributed by atoms with Crippen LogP contribution in [0.25, 0.3) is 28.4 Å². The molecule has 1 aromatic heterocycles. The Morgan fingerprint density at radius 1 is 0.909 bits per heavy atom. The van der Waals surface area contributed by atoms with E-state index in [1.54, 1.807) is 36.4 Å². The van der Waals surface area contributed by atoms with E-state index in [2.05, 4.69) is 0 Å². The fourth-order valence-corrected chi connectivity index (χ4v) is 4.54. The van der Waals surface area contributed by atoms with Gasteiger partial charge < -0.3 is 54.0 Å². The molecule has 3 aromatic carbocycles. The molecule has 1 aliphatic heterocycles. The van der Waals surface area contributed by atoms with Crippen LogP contribution in [0.15, 0.2) is 76.0 Å². The minimum Gasteiger partial charge on any atom is -0.508 e. The van der Waals surface area contributed by atoms with Crippen LogP contribution < -0.4 is 14.9 Å². The van der Waals surface area contributed by atoms with E-state index in [1.807, 2.05) is 0 Å². The lowest BCUT2D eigenvalue weighted by molar-refractivity contribution is -0.278. The van der Waals surface area contributed by atoms with Crippen molar-refractivity contribution in [1.82, 2.24) is 0 Å². The lowest BCUT2D eigenvalue weighted by Gasteiger charge is -2.39. The molecule has 0 aliphatic carbocycles. The van der Waals surface area contributed by atoms with Crippen molar-refractivity contribution in [3.63, 3.8) is 0 Å². The van der Waals surface area contributed by atoms with Crippen molar-refractivity contribution < 1.29 is 58.8 Å². The molecule has 6 N–H and O–H groups in total. The average molecular weight is 609 g/mol. The number of fused-ring (bicyclic) bond motifs is 1. The van der Waals surface area contributed by atoms with Crippen molar-refractivity contribution in [3.05, 3.63) is 82.5 Å². The van der Waals surface area contributed by atoms with Gasteiger partial charge in [0.25, 0.3) is 0 Å². The Hall–Kier alpha value is -5.08. The predicted octanol–water partition coefficient (Wildman–Crippen LogP) is 2.03. The van der Waals surface area contributed by atoms with Gasteiger partial charge >= 0.3 is 5.97 Å². The standard InChI is InChI=1S/C31H28O13/c1-40-19-9-5-16(6-10-19)29-30(26(37)24-20(34)12-18(33)13-21(24)42-29)44-31-28(39)27(38)25(36)22(43-31)14-41-23(35)11-4-15-2-7-17(32)8-3-15/h2-13,22,25,27-28,31-34,36,38-39H,14H2,1H3/b11-4+/t22-,25-,27+,28-,31+/m1/s1. The topological polar surface area (TPSA) is 206 Å². The van der Waals surface area contributed by atoms with Crippen LogP contribution >= 0.6 is 0 Å². The third kappa shape index (κ3) is 6.31. The molecular formula is C31H28O13. The van der Waals surface area contributed by atoms with Crippen LogP contribution in [-0.4, -0.2) is 81.0 Å². The lowest BCUT2D eigenvalue weighted by atomic mass is 9.99. The molecule has 5 atom stereocenters. The zero-order valence-electron chi connectivity index (χ0n) is 23.1. The van der Waals surface area contributed by atoms with Gasteiger partial charge in [-0.05, 0) is 48.0 Å². The number of esters is 1. The molecule has 13 heteroatoms. The molecule has 0 radical (unpaired) electrons. The molecule has 0 spiro atoms. The zero-order valence-corrected chi connectivity index (χ0v) is 23.1. The smallest absolute Gasteiger partial charge is 0.330 e. The Bertz CT molecular complexity index is 1730. The van der Waals surface area contributed by atoms with Gasteiger partial charge in [-0.1, -0.05) is 12.1 Å². The molecule has 0 amide bonds. The van der Waals surface area contributed by atoms with Crippen LogP contribution in [0, 0.1) is 0 Å². The highest BCUT2D eigenvalue weighted by atomic mass is 16.7. The zero-order chi connectivity index (χ0) is 31.5. The first-order chi connectivity index (χ1) is 21.0. The lowest BCUT2D eigenvalue weighted by Crippen LogP contribution is -2.60. The number of phenols is 3. The normalized spacial score (nSPS) is 21.8. The third-order valence-corrected chi connectivity index (χ3v) is 6.87. The van der Waals surface area contributed by atoms with Gasteiger partial charge in [0.05, 0.1) is 7.11 Å². The van der Waals surface area contributed by atoms with Gasteiger partial charge in [0.1, 0.15) is 65.0 Å². The van der Waals surface area contributed by atoms with E-state index in [4.69, 9.17) is 23.4 Å². The highest BCUT2D eigenvalue weighted by molar-refractivity contribution is 5.88. The first-order valence-electron chi connectivity index (χ1n) is 13.2. The number of hydrogen-bond donors (Lipinski definition) is 6. The Morgan fingerprint density at radius 2 is 1.61 bits per heavy atom. The number of methoxy groups -OCH3 is 1. The van der Waals surface area contributed by atoms with Crippen molar-refractivity contribution in [1.29, 1.82) is 0 Å². The van der Waals surface area contributed by atoms with Crippen LogP contribution in [0.4, 0.5) is 0 Å². The molecule has 5 rings (SSSR count). The fraction of sp³-hybridized carbons (Fsp3) is 0.226. The van der Waals surface area contributed by atoms with Crippen molar-refractivity contribution in [2.24, 2.45) is 0 Å². The summed E-state index contributed by atoms with van der Waals surface area (Å²) in [6, 6.07) is 14.3. The summed E-state index contributed by atoms with van der Waals surface area (Å²) in [6.45, 7) is -0.568. The molecule has 0 bridgehead atoms. The molecule has 4 aromatic rings. The van der Waals surface area contributed by atoms with Crippen molar-refractivity contribution in [3.8, 4) is 40.1 Å². The maximum absolute atomic E-state index is 13.6. The number of aliphatic hydroxyl groups is 3. The van der Waals surface area contributed by atoms with E-state index in [0.29, 0.717) is 16.9 Å². The minimum atomic E-state index is -1.88. The van der Waals surface area contributed by atoms with Crippen molar-refractivity contribution in [2.45, 2.75) is 30.7 Å². The van der Waals surface area contributed by atoms with Gasteiger partial charge in [0.15, 0.2) is 5.76 Å². The van der Waals surface area contributed by atoms with Crippen LogP contribution in [0.5, 0.6) is 28.7 Å². The maximum atomic E-state index is 13.6. The van der Waals surface area contributed by atoms with Gasteiger partial charge in [0, 0.05) is 23.8 Å². The highest BCUT2D eigenvalue weighted by Crippen LogP contribution is 2.37. The van der Waals surface area contributed by atoms with Crippen LogP contribution in [0.1, 0.15) is 5.56 Å². The van der Waals surface area contributed by atoms with E-state index in [9.17, 15) is 40.2 Å². The molecule has 44 heavy (non-hydrogen) atoms. The summed E-state index contributed by atoms with van der Waals surface area (Å²) >= 11 is 0. The number of phenolic OH excluding ortho intramolecular Hbond substituents is 3. The van der Waals surface area contributed by atoms with Gasteiger partial charge in [-0.25, -0.2) is 4.79 Å². The number of hydrogen-bond acceptors (Lipinski definition) is 13. The van der Waals surface area contributed by atoms with Crippen LogP contribution in [0.3, 0.4) is 0 Å². The molecule has 1 fully saturated rings. The van der Waals surface area contributed by atoms with E-state index in [0.717, 1.165) is 18.2 Å². The van der Waals surface area contributed by atoms with Gasteiger partial charge in [-0.15, -0.1) is 0 Å². The maximum Gasteiger partial charge on any atom is 0.330 e. The highest BCUT2D eigenvalue weighted by Gasteiger charge is 2.46. The molecule has 13 nitrogen and oxygen atoms in total. The molecule has 2 heterocycles. The second-order valence-corrected chi connectivity index (χ2v) is 9.84. The Morgan fingerprint density at radius 3 is 2.30 bits per heavy atom. The first kappa shape index (κ1) is 30.4. The van der Waals surface area contributed by atoms with Crippen LogP contribution in [-0.2, 0) is 14.3 Å². The number of carbonyl (C=O) groups excluding carboxylic acids is 1. The summed E-state index contributed by atoms with van der Waals surface area (Å²) in [6.07, 6.45) is -6.06. The van der Waals surface area contributed by atoms with E-state index >= 15 is 0 Å². The molecule has 1 saturated heterocycles. The summed E-state index contributed by atoms with van der Waals surface area (Å²) in [5, 5.41) is 61.1. The molecule has 1 aliphatic rings. The number of aromatic hydroxyl groups is 3. The second kappa shape index (κ2) is 12.7. The molecular weight excluding hydrogens is 580 g/mol. The van der Waals surface area contributed by atoms with Crippen molar-refractivity contribution >= 4 is 23.0 Å². The Kier molecular flexibility index (Phi) is 8.73. The number of ether oxygens (including phenoxy) is 4. The largest absolute Gasteiger partial charge is 0.508 e. The Labute approximate surface area is 249 Å². The second-order valence-electron chi connectivity index (χ2n) is 9.84. The summed E-state index contributed by atoms with van der Waals surface area (Å²) in [4.78, 5) is 25.9. The third-order valence-electron chi connectivity index (χ3n) is 6.87. The van der Waals surface area contributed by atoms with E-state index < -0.39 is 60.2 Å². The summed E-state index contributed by atoms with van der Waals surface area (Å²) in [5.74, 6) is -1.94. The summed E-state index contributed by atoms with van der Waals surface area (Å²) in [5.41, 5.74) is -0.159. The summed E-state index contributed by atoms with van der Waals surface area (Å²) in [7, 11) is 1.46. The number of rotatable bonds is 8. The number of benzene rings is 3. The monoisotopic (exact) mass is 608 g/mol. The van der Waals surface area contributed by atoms with Gasteiger partial charge in [-0.2, -0.15) is 0 Å². The van der Waals surface area contributed by atoms with Crippen LogP contribution in [0.2, 0.25) is 0 Å². The molecule has 230 valence electrons. The van der Waals surface area contributed by atoms with Gasteiger partial charge in [-0.3, -0.25) is 4.79 Å².